The van der Waals surface area contributed by atoms with E-state index in [0.717, 1.165) is 12.8 Å². The van der Waals surface area contributed by atoms with Crippen molar-refractivity contribution < 1.29 is 4.79 Å². The van der Waals surface area contributed by atoms with Gasteiger partial charge in [0.1, 0.15) is 12.7 Å². The van der Waals surface area contributed by atoms with E-state index >= 15 is 0 Å². The number of aromatic nitrogens is 3. The molecule has 1 rings (SSSR count). The number of nitrogens with one attached hydrogen (secondary N) is 1. The highest BCUT2D eigenvalue weighted by atomic mass is 35.5. The van der Waals surface area contributed by atoms with Crippen molar-refractivity contribution in [2.24, 2.45) is 5.73 Å². The highest BCUT2D eigenvalue weighted by Crippen LogP contribution is 2.13. The number of hydrogen-bond donors (Lipinski definition) is 2. The van der Waals surface area contributed by atoms with Crippen LogP contribution in [-0.4, -0.2) is 32.8 Å². The second kappa shape index (κ2) is 8.05. The van der Waals surface area contributed by atoms with Crippen molar-refractivity contribution in [3.8, 4) is 0 Å². The van der Waals surface area contributed by atoms with Crippen molar-refractivity contribution in [3.63, 3.8) is 0 Å². The van der Waals surface area contributed by atoms with Crippen LogP contribution >= 0.6 is 12.4 Å². The van der Waals surface area contributed by atoms with Gasteiger partial charge in [-0.3, -0.25) is 9.48 Å². The van der Waals surface area contributed by atoms with Crippen LogP contribution < -0.4 is 11.1 Å². The molecule has 0 saturated carbocycles. The molecular formula is C11H22ClN5O. The Labute approximate surface area is 114 Å². The molecule has 0 radical (unpaired) electrons. The zero-order valence-corrected chi connectivity index (χ0v) is 11.7. The zero-order valence-electron chi connectivity index (χ0n) is 10.9. The topological polar surface area (TPSA) is 85.8 Å². The van der Waals surface area contributed by atoms with Gasteiger partial charge in [-0.1, -0.05) is 13.8 Å². The van der Waals surface area contributed by atoms with Crippen LogP contribution in [0.1, 0.15) is 33.1 Å². The molecule has 1 amide bonds. The first-order chi connectivity index (χ1) is 8.15. The Hall–Kier alpha value is -1.14. The van der Waals surface area contributed by atoms with E-state index < -0.39 is 0 Å². The minimum absolute atomic E-state index is 0. The number of carbonyl (C=O) groups is 1. The number of amides is 1. The number of nitrogens with zero attached hydrogens (tertiary/aromatic N) is 3. The van der Waals surface area contributed by atoms with Crippen LogP contribution in [0.25, 0.3) is 0 Å². The fourth-order valence-corrected chi connectivity index (χ4v) is 1.69. The highest BCUT2D eigenvalue weighted by molar-refractivity contribution is 5.85. The molecule has 0 fully saturated rings. The van der Waals surface area contributed by atoms with Crippen molar-refractivity contribution >= 4 is 18.3 Å². The Morgan fingerprint density at radius 3 is 2.56 bits per heavy atom. The average molecular weight is 276 g/mol. The van der Waals surface area contributed by atoms with Crippen LogP contribution in [0, 0.1) is 0 Å². The van der Waals surface area contributed by atoms with E-state index in [4.69, 9.17) is 5.73 Å². The predicted molar refractivity (Wildman–Crippen MR) is 72.4 cm³/mol. The molecule has 0 aliphatic heterocycles. The molecule has 18 heavy (non-hydrogen) atoms. The second-order valence-corrected chi connectivity index (χ2v) is 4.15. The van der Waals surface area contributed by atoms with E-state index in [-0.39, 0.29) is 23.9 Å². The van der Waals surface area contributed by atoms with E-state index in [1.54, 1.807) is 11.0 Å². The van der Waals surface area contributed by atoms with Crippen LogP contribution in [0.3, 0.4) is 0 Å². The highest BCUT2D eigenvalue weighted by Gasteiger charge is 2.25. The van der Waals surface area contributed by atoms with Gasteiger partial charge < -0.3 is 11.1 Å². The van der Waals surface area contributed by atoms with Crippen LogP contribution in [-0.2, 0) is 11.3 Å². The van der Waals surface area contributed by atoms with E-state index in [1.165, 1.54) is 6.33 Å². The van der Waals surface area contributed by atoms with E-state index in [2.05, 4.69) is 15.4 Å². The molecule has 0 saturated heterocycles. The van der Waals surface area contributed by atoms with Crippen LogP contribution in [0.2, 0.25) is 0 Å². The first-order valence-electron chi connectivity index (χ1n) is 5.99. The molecular weight excluding hydrogens is 254 g/mol. The molecule has 1 aromatic rings. The smallest absolute Gasteiger partial charge is 0.222 e. The molecule has 0 aliphatic rings. The van der Waals surface area contributed by atoms with Crippen molar-refractivity contribution in [2.45, 2.75) is 45.2 Å². The Balaban J connectivity index is 0.00000289. The first kappa shape index (κ1) is 16.9. The third kappa shape index (κ3) is 4.62. The summed E-state index contributed by atoms with van der Waals surface area (Å²) in [5, 5.41) is 6.96. The summed E-state index contributed by atoms with van der Waals surface area (Å²) in [6, 6.07) is 0. The Morgan fingerprint density at radius 1 is 1.44 bits per heavy atom. The average Bonchev–Trinajstić information content (AvgIpc) is 2.87. The fourth-order valence-electron chi connectivity index (χ4n) is 1.69. The van der Waals surface area contributed by atoms with Gasteiger partial charge >= 0.3 is 0 Å². The summed E-state index contributed by atoms with van der Waals surface area (Å²) in [6.07, 6.45) is 5.14. The summed E-state index contributed by atoms with van der Waals surface area (Å²) in [5.74, 6) is 0.00894. The van der Waals surface area contributed by atoms with Gasteiger partial charge in [-0.25, -0.2) is 4.98 Å². The lowest BCUT2D eigenvalue weighted by molar-refractivity contribution is -0.123. The standard InChI is InChI=1S/C11H21N5O.ClH/c1-3-11(4-2,7-12)15-10(17)5-6-16-9-13-8-14-16;/h8-9H,3-7,12H2,1-2H3,(H,15,17);1H. The third-order valence-corrected chi connectivity index (χ3v) is 3.18. The molecule has 0 bridgehead atoms. The van der Waals surface area contributed by atoms with Gasteiger partial charge in [0.2, 0.25) is 5.91 Å². The van der Waals surface area contributed by atoms with Gasteiger partial charge in [-0.2, -0.15) is 5.10 Å². The lowest BCUT2D eigenvalue weighted by Gasteiger charge is -2.31. The molecule has 1 heterocycles. The van der Waals surface area contributed by atoms with Gasteiger partial charge in [0, 0.05) is 13.0 Å². The molecule has 6 nitrogen and oxygen atoms in total. The largest absolute Gasteiger partial charge is 0.349 e. The van der Waals surface area contributed by atoms with Crippen molar-refractivity contribution in [2.75, 3.05) is 6.54 Å². The van der Waals surface area contributed by atoms with Crippen LogP contribution in [0.15, 0.2) is 12.7 Å². The predicted octanol–water partition coefficient (Wildman–Crippen LogP) is 0.724. The van der Waals surface area contributed by atoms with Crippen molar-refractivity contribution in [3.05, 3.63) is 12.7 Å². The summed E-state index contributed by atoms with van der Waals surface area (Å²) in [6.45, 7) is 5.08. The summed E-state index contributed by atoms with van der Waals surface area (Å²) in [7, 11) is 0. The monoisotopic (exact) mass is 275 g/mol. The number of halogens is 1. The Bertz CT molecular complexity index is 329. The van der Waals surface area contributed by atoms with E-state index in [0.29, 0.717) is 19.5 Å². The molecule has 3 N–H and O–H groups in total. The van der Waals surface area contributed by atoms with Crippen LogP contribution in [0.5, 0.6) is 0 Å². The molecule has 1 aromatic heterocycles. The number of hydrogen-bond acceptors (Lipinski definition) is 4. The maximum atomic E-state index is 11.8. The van der Waals surface area contributed by atoms with E-state index in [9.17, 15) is 4.79 Å². The maximum absolute atomic E-state index is 11.8. The zero-order chi connectivity index (χ0) is 12.7. The van der Waals surface area contributed by atoms with Gasteiger partial charge in [-0.05, 0) is 12.8 Å². The second-order valence-electron chi connectivity index (χ2n) is 4.15. The summed E-state index contributed by atoms with van der Waals surface area (Å²) in [4.78, 5) is 15.6. The first-order valence-corrected chi connectivity index (χ1v) is 5.99. The number of aryl methyl sites for hydroxylation is 1. The van der Waals surface area contributed by atoms with Crippen molar-refractivity contribution in [1.29, 1.82) is 0 Å². The minimum atomic E-state index is -0.264. The minimum Gasteiger partial charge on any atom is -0.349 e. The SMILES string of the molecule is CCC(CC)(CN)NC(=O)CCn1cncn1.Cl. The lowest BCUT2D eigenvalue weighted by atomic mass is 9.93. The molecule has 0 aliphatic carbocycles. The number of rotatable bonds is 7. The van der Waals surface area contributed by atoms with E-state index in [1.807, 2.05) is 13.8 Å². The van der Waals surface area contributed by atoms with Crippen molar-refractivity contribution in [1.82, 2.24) is 20.1 Å². The molecule has 104 valence electrons. The van der Waals surface area contributed by atoms with Gasteiger partial charge in [0.25, 0.3) is 0 Å². The number of nitrogens with two attached hydrogens (primary N) is 1. The molecule has 0 spiro atoms. The van der Waals surface area contributed by atoms with Gasteiger partial charge in [-0.15, -0.1) is 12.4 Å². The summed E-state index contributed by atoms with van der Waals surface area (Å²) in [5.41, 5.74) is 5.46. The summed E-state index contributed by atoms with van der Waals surface area (Å²) >= 11 is 0. The normalized spacial score (nSPS) is 10.8. The third-order valence-electron chi connectivity index (χ3n) is 3.18. The van der Waals surface area contributed by atoms with Gasteiger partial charge in [0.05, 0.1) is 12.1 Å². The molecule has 7 heteroatoms. The van der Waals surface area contributed by atoms with Crippen LogP contribution in [0.4, 0.5) is 0 Å². The lowest BCUT2D eigenvalue weighted by Crippen LogP contribution is -2.53. The quantitative estimate of drug-likeness (QED) is 0.768. The molecule has 0 unspecified atom stereocenters. The number of carbonyl (C=O) groups excluding carboxylic acids is 1. The Morgan fingerprint density at radius 2 is 2.11 bits per heavy atom. The Kier molecular flexibility index (Phi) is 7.54. The maximum Gasteiger partial charge on any atom is 0.222 e. The van der Waals surface area contributed by atoms with Gasteiger partial charge in [0.15, 0.2) is 0 Å². The summed E-state index contributed by atoms with van der Waals surface area (Å²) < 4.78 is 1.64. The molecule has 0 aromatic carbocycles. The fraction of sp³-hybridized carbons (Fsp3) is 0.727. The molecule has 0 atom stereocenters.